The average molecular weight is 1080 g/mol. The highest BCUT2D eigenvalue weighted by Gasteiger charge is 2.31. The molecule has 390 valence electrons. The molecule has 0 saturated carbocycles. The predicted molar refractivity (Wildman–Crippen MR) is 333 cm³/mol. The molecule has 9 aromatic carbocycles. The van der Waals surface area contributed by atoms with Gasteiger partial charge in [-0.15, -0.1) is 0 Å². The normalized spacial score (nSPS) is 11.8. The number of hydrogen-bond donors (Lipinski definition) is 0. The first-order valence-electron chi connectivity index (χ1n) is 27.4. The molecule has 13 nitrogen and oxygen atoms in total. The van der Waals surface area contributed by atoms with Crippen molar-refractivity contribution in [2.75, 3.05) is 0 Å². The van der Waals surface area contributed by atoms with Gasteiger partial charge in [-0.3, -0.25) is 0 Å². The van der Waals surface area contributed by atoms with E-state index in [4.69, 9.17) is 0 Å². The molecule has 13 heteroatoms. The predicted octanol–water partition coefficient (Wildman–Crippen LogP) is 15.8. The summed E-state index contributed by atoms with van der Waals surface area (Å²) in [5, 5.41) is 21.0. The molecule has 0 N–H and O–H groups in total. The van der Waals surface area contributed by atoms with Gasteiger partial charge in [-0.05, 0) is 101 Å². The average Bonchev–Trinajstić information content (AvgIpc) is 1.97. The molecule has 0 spiro atoms. The molecule has 0 saturated heterocycles. The van der Waals surface area contributed by atoms with Crippen molar-refractivity contribution in [1.29, 1.82) is 5.26 Å². The van der Waals surface area contributed by atoms with Crippen molar-refractivity contribution in [3.05, 3.63) is 256 Å². The summed E-state index contributed by atoms with van der Waals surface area (Å²) in [6.45, 7) is 0. The Hall–Kier alpha value is -12.0. The summed E-state index contributed by atoms with van der Waals surface area (Å²) in [5.74, 6) is 0. The third-order valence-corrected chi connectivity index (χ3v) is 16.5. The number of para-hydroxylation sites is 4. The number of aromatic nitrogens is 12. The molecule has 0 atom stereocenters. The number of rotatable bonds is 8. The van der Waals surface area contributed by atoms with Crippen molar-refractivity contribution in [3.63, 3.8) is 0 Å². The minimum atomic E-state index is 0.470. The molecular formula is C71H41N13. The second-order valence-electron chi connectivity index (χ2n) is 20.9. The largest absolute Gasteiger partial charge is 0.307 e. The minimum Gasteiger partial charge on any atom is -0.307 e. The van der Waals surface area contributed by atoms with E-state index >= 15 is 0 Å². The van der Waals surface area contributed by atoms with E-state index in [1.54, 1.807) is 25.3 Å². The maximum Gasteiger partial charge on any atom is 0.115 e. The maximum absolute atomic E-state index is 12.8. The zero-order chi connectivity index (χ0) is 55.4. The van der Waals surface area contributed by atoms with Crippen LogP contribution in [0.3, 0.4) is 0 Å². The molecule has 0 unspecified atom stereocenters. The van der Waals surface area contributed by atoms with Crippen LogP contribution in [0.25, 0.3) is 154 Å². The summed E-state index contributed by atoms with van der Waals surface area (Å²) >= 11 is 0. The summed E-state index contributed by atoms with van der Waals surface area (Å²) in [6, 6.07) is 65.6. The van der Waals surface area contributed by atoms with Crippen molar-refractivity contribution >= 4 is 87.2 Å². The van der Waals surface area contributed by atoms with Crippen LogP contribution in [0.4, 0.5) is 0 Å². The Morgan fingerprint density at radius 3 is 0.762 bits per heavy atom. The first-order valence-corrected chi connectivity index (χ1v) is 27.4. The molecule has 0 aliphatic rings. The summed E-state index contributed by atoms with van der Waals surface area (Å²) in [7, 11) is 0. The molecular weight excluding hydrogens is 1030 g/mol. The molecule has 0 bridgehead atoms. The van der Waals surface area contributed by atoms with Gasteiger partial charge in [-0.2, -0.15) is 5.26 Å². The lowest BCUT2D eigenvalue weighted by Gasteiger charge is -2.25. The Kier molecular flexibility index (Phi) is 10.3. The van der Waals surface area contributed by atoms with Crippen molar-refractivity contribution in [2.45, 2.75) is 0 Å². The third kappa shape index (κ3) is 7.01. The lowest BCUT2D eigenvalue weighted by Crippen LogP contribution is -2.13. The number of nitriles is 1. The van der Waals surface area contributed by atoms with E-state index in [-0.39, 0.29) is 0 Å². The Labute approximate surface area is 478 Å². The van der Waals surface area contributed by atoms with Gasteiger partial charge in [0.05, 0.1) is 66.9 Å². The van der Waals surface area contributed by atoms with Crippen LogP contribution >= 0.6 is 0 Å². The fraction of sp³-hybridized carbons (Fsp3) is 0. The van der Waals surface area contributed by atoms with E-state index in [1.807, 2.05) is 49.6 Å². The second kappa shape index (κ2) is 18.5. The zero-order valence-electron chi connectivity index (χ0n) is 44.5. The second-order valence-corrected chi connectivity index (χ2v) is 20.9. The molecule has 17 aromatic rings. The molecule has 84 heavy (non-hydrogen) atoms. The van der Waals surface area contributed by atoms with E-state index in [1.165, 1.54) is 0 Å². The van der Waals surface area contributed by atoms with E-state index in [2.05, 4.69) is 240 Å². The standard InChI is InChI=1S/C71H41N13/c72-30-59-70(83-60-13-5-1-9-51(60)52-10-2-6-14-61(52)83)68(81-64-21-17-43(47-31-73-39-74-32-47)25-55(64)56-26-44(18-22-65(56)81)48-33-75-40-76-34-48)29-69(71(59)84-62-15-7-3-11-53(62)54-12-4-8-16-63(54)84)82-66-23-19-45(49-35-77-41-78-36-49)27-57(66)58-28-46(20-24-67(58)82)50-37-79-42-80-38-50/h1-29,31-42H. The highest BCUT2D eigenvalue weighted by molar-refractivity contribution is 6.16. The van der Waals surface area contributed by atoms with E-state index in [9.17, 15) is 5.26 Å². The van der Waals surface area contributed by atoms with Gasteiger partial charge >= 0.3 is 0 Å². The molecule has 8 heterocycles. The number of nitrogens with zero attached hydrogens (tertiary/aromatic N) is 13. The minimum absolute atomic E-state index is 0.470. The van der Waals surface area contributed by atoms with Crippen LogP contribution < -0.4 is 0 Å². The van der Waals surface area contributed by atoms with E-state index in [0.717, 1.165) is 143 Å². The van der Waals surface area contributed by atoms with Crippen molar-refractivity contribution in [2.24, 2.45) is 0 Å². The third-order valence-electron chi connectivity index (χ3n) is 16.5. The highest BCUT2D eigenvalue weighted by Crippen LogP contribution is 2.48. The van der Waals surface area contributed by atoms with Crippen molar-refractivity contribution in [1.82, 2.24) is 58.1 Å². The number of hydrogen-bond acceptors (Lipinski definition) is 9. The van der Waals surface area contributed by atoms with Gasteiger partial charge in [-0.25, -0.2) is 39.9 Å². The van der Waals surface area contributed by atoms with Gasteiger partial charge in [-0.1, -0.05) is 97.1 Å². The zero-order valence-corrected chi connectivity index (χ0v) is 44.5. The molecule has 0 fully saturated rings. The monoisotopic (exact) mass is 1080 g/mol. The van der Waals surface area contributed by atoms with Gasteiger partial charge < -0.3 is 18.3 Å². The van der Waals surface area contributed by atoms with Crippen LogP contribution in [0.2, 0.25) is 0 Å². The van der Waals surface area contributed by atoms with Gasteiger partial charge in [0.1, 0.15) is 36.9 Å². The molecule has 8 aromatic heterocycles. The van der Waals surface area contributed by atoms with Crippen LogP contribution in [0.1, 0.15) is 5.56 Å². The van der Waals surface area contributed by atoms with Crippen LogP contribution in [0.5, 0.6) is 0 Å². The Morgan fingerprint density at radius 1 is 0.250 bits per heavy atom. The SMILES string of the molecule is N#Cc1c(-n2c3ccccc3c3ccccc32)c(-n2c3ccc(-c4cncnc4)cc3c3cc(-c4cncnc4)ccc32)cc(-n2c3ccc(-c4cncnc4)cc3c3cc(-c4cncnc4)ccc32)c1-n1c2ccccc2c2ccccc21. The summed E-state index contributed by atoms with van der Waals surface area (Å²) in [4.78, 5) is 35.4. The van der Waals surface area contributed by atoms with Crippen molar-refractivity contribution in [3.8, 4) is 73.3 Å². The fourth-order valence-corrected chi connectivity index (χ4v) is 12.9. The first-order chi connectivity index (χ1) is 41.7. The van der Waals surface area contributed by atoms with Gasteiger partial charge in [0, 0.05) is 115 Å². The van der Waals surface area contributed by atoms with Crippen LogP contribution in [0, 0.1) is 11.3 Å². The molecule has 0 amide bonds. The first kappa shape index (κ1) is 46.9. The molecule has 0 aliphatic carbocycles. The van der Waals surface area contributed by atoms with Gasteiger partial charge in [0.2, 0.25) is 0 Å². The quantitative estimate of drug-likeness (QED) is 0.145. The lowest BCUT2D eigenvalue weighted by molar-refractivity contribution is 1.03. The fourth-order valence-electron chi connectivity index (χ4n) is 12.9. The lowest BCUT2D eigenvalue weighted by atomic mass is 10.0. The van der Waals surface area contributed by atoms with E-state index in [0.29, 0.717) is 16.9 Å². The smallest absolute Gasteiger partial charge is 0.115 e. The Bertz CT molecular complexity index is 4930. The maximum atomic E-state index is 12.8. The van der Waals surface area contributed by atoms with Crippen LogP contribution in [-0.2, 0) is 0 Å². The summed E-state index contributed by atoms with van der Waals surface area (Å²) in [6.07, 6.45) is 21.0. The Morgan fingerprint density at radius 2 is 0.500 bits per heavy atom. The topological polar surface area (TPSA) is 147 Å². The molecule has 0 radical (unpaired) electrons. The van der Waals surface area contributed by atoms with Crippen LogP contribution in [0.15, 0.2) is 251 Å². The Balaban J connectivity index is 1.10. The summed E-state index contributed by atoms with van der Waals surface area (Å²) in [5.41, 5.74) is 18.5. The molecule has 0 aliphatic heterocycles. The number of benzene rings is 9. The van der Waals surface area contributed by atoms with Gasteiger partial charge in [0.15, 0.2) is 0 Å². The van der Waals surface area contributed by atoms with Crippen molar-refractivity contribution < 1.29 is 0 Å². The highest BCUT2D eigenvalue weighted by atomic mass is 15.1. The van der Waals surface area contributed by atoms with Crippen LogP contribution in [-0.4, -0.2) is 58.1 Å². The van der Waals surface area contributed by atoms with Gasteiger partial charge in [0.25, 0.3) is 0 Å². The summed E-state index contributed by atoms with van der Waals surface area (Å²) < 4.78 is 9.35. The number of fused-ring (bicyclic) bond motifs is 12. The molecule has 17 rings (SSSR count). The van der Waals surface area contributed by atoms with E-state index < -0.39 is 0 Å².